The highest BCUT2D eigenvalue weighted by atomic mass is 16.2. The summed E-state index contributed by atoms with van der Waals surface area (Å²) in [4.78, 5) is 28.4. The summed E-state index contributed by atoms with van der Waals surface area (Å²) in [6, 6.07) is 8.60. The summed E-state index contributed by atoms with van der Waals surface area (Å²) in [5.74, 6) is 1.05. The lowest BCUT2D eigenvalue weighted by atomic mass is 9.90. The van der Waals surface area contributed by atoms with Crippen molar-refractivity contribution in [3.05, 3.63) is 35.4 Å². The van der Waals surface area contributed by atoms with E-state index in [4.69, 9.17) is 0 Å². The molecule has 1 atom stereocenters. The lowest BCUT2D eigenvalue weighted by molar-refractivity contribution is -0.136. The molecule has 2 saturated heterocycles. The first-order valence-electron chi connectivity index (χ1n) is 10.2. The van der Waals surface area contributed by atoms with Crippen LogP contribution in [0.25, 0.3) is 0 Å². The van der Waals surface area contributed by atoms with Gasteiger partial charge in [0.25, 0.3) is 0 Å². The number of piperidine rings is 2. The molecule has 0 N–H and O–H groups in total. The van der Waals surface area contributed by atoms with Crippen molar-refractivity contribution in [3.8, 4) is 0 Å². The van der Waals surface area contributed by atoms with Crippen LogP contribution in [0.1, 0.15) is 56.1 Å². The van der Waals surface area contributed by atoms with Crippen molar-refractivity contribution in [3.63, 3.8) is 0 Å². The molecule has 2 aliphatic rings. The van der Waals surface area contributed by atoms with Crippen molar-refractivity contribution in [2.24, 2.45) is 5.92 Å². The number of carbonyl (C=O) groups is 2. The Morgan fingerprint density at radius 2 is 2.00 bits per heavy atom. The van der Waals surface area contributed by atoms with Gasteiger partial charge in [0.05, 0.1) is 0 Å². The summed E-state index contributed by atoms with van der Waals surface area (Å²) >= 11 is 0. The number of hydrogen-bond acceptors (Lipinski definition) is 2. The Labute approximate surface area is 157 Å². The van der Waals surface area contributed by atoms with Crippen LogP contribution in [0.5, 0.6) is 0 Å². The van der Waals surface area contributed by atoms with Crippen molar-refractivity contribution >= 4 is 11.8 Å². The van der Waals surface area contributed by atoms with Crippen molar-refractivity contribution in [2.75, 3.05) is 26.2 Å². The Morgan fingerprint density at radius 1 is 1.15 bits per heavy atom. The van der Waals surface area contributed by atoms with Gasteiger partial charge in [0, 0.05) is 39.0 Å². The Kier molecular flexibility index (Phi) is 6.70. The minimum atomic E-state index is 0.221. The second-order valence-electron chi connectivity index (χ2n) is 7.90. The number of benzene rings is 1. The molecular weight excluding hydrogens is 324 g/mol. The zero-order chi connectivity index (χ0) is 18.4. The van der Waals surface area contributed by atoms with E-state index in [0.29, 0.717) is 25.3 Å². The van der Waals surface area contributed by atoms with Crippen LogP contribution in [0.15, 0.2) is 24.3 Å². The molecule has 0 saturated carbocycles. The van der Waals surface area contributed by atoms with Gasteiger partial charge in [-0.2, -0.15) is 0 Å². The maximum Gasteiger partial charge on any atom is 0.224 e. The maximum absolute atomic E-state index is 12.6. The molecule has 142 valence electrons. The number of hydrogen-bond donors (Lipinski definition) is 0. The number of rotatable bonds is 6. The molecule has 1 aromatic rings. The summed E-state index contributed by atoms with van der Waals surface area (Å²) in [6.07, 6.45) is 7.78. The SMILES string of the molecule is Cc1ccccc1CC[C@@H]1CCCN(C(=O)CCN2CCCCC2=O)C1. The molecule has 0 bridgehead atoms. The van der Waals surface area contributed by atoms with Gasteiger partial charge in [0.1, 0.15) is 0 Å². The molecule has 4 nitrogen and oxygen atoms in total. The highest BCUT2D eigenvalue weighted by Gasteiger charge is 2.25. The number of likely N-dealkylation sites (tertiary alicyclic amines) is 2. The van der Waals surface area contributed by atoms with E-state index < -0.39 is 0 Å². The quantitative estimate of drug-likeness (QED) is 0.782. The molecule has 0 unspecified atom stereocenters. The lowest BCUT2D eigenvalue weighted by Gasteiger charge is -2.34. The third-order valence-electron chi connectivity index (χ3n) is 5.97. The van der Waals surface area contributed by atoms with Crippen molar-refractivity contribution in [2.45, 2.75) is 58.3 Å². The van der Waals surface area contributed by atoms with Gasteiger partial charge >= 0.3 is 0 Å². The monoisotopic (exact) mass is 356 g/mol. The third-order valence-corrected chi connectivity index (χ3v) is 5.97. The molecule has 2 heterocycles. The van der Waals surface area contributed by atoms with E-state index in [1.165, 1.54) is 17.5 Å². The van der Waals surface area contributed by atoms with E-state index >= 15 is 0 Å². The highest BCUT2D eigenvalue weighted by Crippen LogP contribution is 2.23. The number of nitrogens with zero attached hydrogens (tertiary/aromatic N) is 2. The Hall–Kier alpha value is -1.84. The molecule has 0 spiro atoms. The molecule has 0 radical (unpaired) electrons. The highest BCUT2D eigenvalue weighted by molar-refractivity contribution is 5.79. The Morgan fingerprint density at radius 3 is 2.81 bits per heavy atom. The fourth-order valence-corrected chi connectivity index (χ4v) is 4.26. The second-order valence-corrected chi connectivity index (χ2v) is 7.90. The van der Waals surface area contributed by atoms with Crippen LogP contribution in [-0.4, -0.2) is 47.8 Å². The normalized spacial score (nSPS) is 21.1. The lowest BCUT2D eigenvalue weighted by Crippen LogP contribution is -2.43. The maximum atomic E-state index is 12.6. The molecule has 26 heavy (non-hydrogen) atoms. The zero-order valence-electron chi connectivity index (χ0n) is 16.1. The number of aryl methyl sites for hydroxylation is 2. The van der Waals surface area contributed by atoms with Gasteiger partial charge in [-0.05, 0) is 62.5 Å². The van der Waals surface area contributed by atoms with E-state index in [0.717, 1.165) is 51.7 Å². The third kappa shape index (κ3) is 5.09. The largest absolute Gasteiger partial charge is 0.342 e. The van der Waals surface area contributed by atoms with E-state index in [9.17, 15) is 9.59 Å². The van der Waals surface area contributed by atoms with Crippen LogP contribution >= 0.6 is 0 Å². The van der Waals surface area contributed by atoms with Crippen LogP contribution in [0.2, 0.25) is 0 Å². The van der Waals surface area contributed by atoms with Gasteiger partial charge in [-0.3, -0.25) is 9.59 Å². The van der Waals surface area contributed by atoms with Gasteiger partial charge in [0.15, 0.2) is 0 Å². The molecule has 3 rings (SSSR count). The minimum absolute atomic E-state index is 0.221. The number of carbonyl (C=O) groups excluding carboxylic acids is 2. The van der Waals surface area contributed by atoms with Crippen molar-refractivity contribution in [1.82, 2.24) is 9.80 Å². The predicted octanol–water partition coefficient (Wildman–Crippen LogP) is 3.57. The molecule has 2 amide bonds. The van der Waals surface area contributed by atoms with Crippen molar-refractivity contribution < 1.29 is 9.59 Å². The van der Waals surface area contributed by atoms with Gasteiger partial charge in [-0.15, -0.1) is 0 Å². The molecular formula is C22H32N2O2. The Balaban J connectivity index is 1.44. The topological polar surface area (TPSA) is 40.6 Å². The van der Waals surface area contributed by atoms with E-state index in [1.807, 2.05) is 9.80 Å². The standard InChI is InChI=1S/C22H32N2O2/c1-18-7-2-3-9-20(18)12-11-19-8-6-15-24(17-19)22(26)13-16-23-14-5-4-10-21(23)25/h2-3,7,9,19H,4-6,8,10-17H2,1H3/t19-/m0/s1. The van der Waals surface area contributed by atoms with Crippen molar-refractivity contribution in [1.29, 1.82) is 0 Å². The molecule has 0 aromatic heterocycles. The first-order valence-corrected chi connectivity index (χ1v) is 10.2. The fraction of sp³-hybridized carbons (Fsp3) is 0.636. The summed E-state index contributed by atoms with van der Waals surface area (Å²) in [6.45, 7) is 5.37. The molecule has 2 fully saturated rings. The van der Waals surface area contributed by atoms with E-state index in [1.54, 1.807) is 0 Å². The van der Waals surface area contributed by atoms with Crippen LogP contribution < -0.4 is 0 Å². The summed E-state index contributed by atoms with van der Waals surface area (Å²) in [5.41, 5.74) is 2.79. The summed E-state index contributed by atoms with van der Waals surface area (Å²) in [7, 11) is 0. The van der Waals surface area contributed by atoms with Crippen LogP contribution in [0, 0.1) is 12.8 Å². The number of amides is 2. The minimum Gasteiger partial charge on any atom is -0.342 e. The van der Waals surface area contributed by atoms with E-state index in [2.05, 4.69) is 31.2 Å². The fourth-order valence-electron chi connectivity index (χ4n) is 4.26. The van der Waals surface area contributed by atoms with Crippen LogP contribution in [0.4, 0.5) is 0 Å². The van der Waals surface area contributed by atoms with Gasteiger partial charge in [0.2, 0.25) is 11.8 Å². The Bertz CT molecular complexity index is 628. The van der Waals surface area contributed by atoms with Crippen LogP contribution in [-0.2, 0) is 16.0 Å². The molecule has 2 aliphatic heterocycles. The molecule has 4 heteroatoms. The first-order chi connectivity index (χ1) is 12.6. The van der Waals surface area contributed by atoms with Gasteiger partial charge in [-0.25, -0.2) is 0 Å². The first kappa shape index (κ1) is 18.9. The van der Waals surface area contributed by atoms with Gasteiger partial charge in [-0.1, -0.05) is 24.3 Å². The predicted molar refractivity (Wildman–Crippen MR) is 104 cm³/mol. The summed E-state index contributed by atoms with van der Waals surface area (Å²) < 4.78 is 0. The molecule has 0 aliphatic carbocycles. The van der Waals surface area contributed by atoms with E-state index in [-0.39, 0.29) is 11.8 Å². The average Bonchev–Trinajstić information content (AvgIpc) is 2.67. The van der Waals surface area contributed by atoms with Gasteiger partial charge < -0.3 is 9.80 Å². The zero-order valence-corrected chi connectivity index (χ0v) is 16.1. The summed E-state index contributed by atoms with van der Waals surface area (Å²) in [5, 5.41) is 0. The average molecular weight is 357 g/mol. The van der Waals surface area contributed by atoms with Crippen LogP contribution in [0.3, 0.4) is 0 Å². The second kappa shape index (κ2) is 9.20. The molecule has 1 aromatic carbocycles. The smallest absolute Gasteiger partial charge is 0.224 e.